The second kappa shape index (κ2) is 6.88. The Kier molecular flexibility index (Phi) is 5.17. The Morgan fingerprint density at radius 2 is 1.89 bits per heavy atom. The quantitative estimate of drug-likeness (QED) is 0.816. The standard InChI is InChI=1S/C17H26N2/c1-4-5-9-16(19-12-10-18-11-13-19)17-14(2)7-6-8-15(17)3/h4,6-8,16,18H,1,5,9-13H2,2-3H3/t16-/m0/s1. The molecule has 1 saturated heterocycles. The van der Waals surface area contributed by atoms with Crippen LogP contribution < -0.4 is 5.32 Å². The van der Waals surface area contributed by atoms with Gasteiger partial charge < -0.3 is 5.32 Å². The van der Waals surface area contributed by atoms with Crippen LogP contribution in [0.1, 0.15) is 35.6 Å². The molecular weight excluding hydrogens is 232 g/mol. The van der Waals surface area contributed by atoms with E-state index >= 15 is 0 Å². The fraction of sp³-hybridized carbons (Fsp3) is 0.529. The molecule has 2 heteroatoms. The summed E-state index contributed by atoms with van der Waals surface area (Å²) in [5.74, 6) is 0. The van der Waals surface area contributed by atoms with Crippen molar-refractivity contribution in [3.05, 3.63) is 47.5 Å². The van der Waals surface area contributed by atoms with E-state index in [1.54, 1.807) is 0 Å². The molecule has 0 radical (unpaired) electrons. The molecule has 2 rings (SSSR count). The molecule has 1 aromatic rings. The number of rotatable bonds is 5. The van der Waals surface area contributed by atoms with Crippen molar-refractivity contribution in [1.82, 2.24) is 10.2 Å². The van der Waals surface area contributed by atoms with Crippen LogP contribution in [-0.4, -0.2) is 31.1 Å². The zero-order chi connectivity index (χ0) is 13.7. The first-order valence-corrected chi connectivity index (χ1v) is 7.36. The topological polar surface area (TPSA) is 15.3 Å². The third-order valence-corrected chi connectivity index (χ3v) is 4.11. The maximum atomic E-state index is 3.89. The number of benzene rings is 1. The van der Waals surface area contributed by atoms with Gasteiger partial charge in [0.2, 0.25) is 0 Å². The van der Waals surface area contributed by atoms with E-state index < -0.39 is 0 Å². The van der Waals surface area contributed by atoms with E-state index in [9.17, 15) is 0 Å². The Morgan fingerprint density at radius 3 is 2.47 bits per heavy atom. The van der Waals surface area contributed by atoms with E-state index in [-0.39, 0.29) is 0 Å². The predicted molar refractivity (Wildman–Crippen MR) is 82.5 cm³/mol. The molecule has 1 aromatic carbocycles. The minimum absolute atomic E-state index is 0.543. The van der Waals surface area contributed by atoms with Crippen LogP contribution in [0.4, 0.5) is 0 Å². The Labute approximate surface area is 117 Å². The number of hydrogen-bond donors (Lipinski definition) is 1. The molecule has 1 fully saturated rings. The lowest BCUT2D eigenvalue weighted by Gasteiger charge is -2.36. The molecule has 1 aliphatic heterocycles. The first-order valence-electron chi connectivity index (χ1n) is 7.36. The van der Waals surface area contributed by atoms with Gasteiger partial charge in [0, 0.05) is 32.2 Å². The fourth-order valence-electron chi connectivity index (χ4n) is 3.13. The average molecular weight is 258 g/mol. The molecule has 0 aliphatic carbocycles. The number of nitrogens with zero attached hydrogens (tertiary/aromatic N) is 1. The Morgan fingerprint density at radius 1 is 1.26 bits per heavy atom. The van der Waals surface area contributed by atoms with Crippen LogP contribution >= 0.6 is 0 Å². The van der Waals surface area contributed by atoms with Gasteiger partial charge in [0.15, 0.2) is 0 Å². The maximum absolute atomic E-state index is 3.89. The molecule has 19 heavy (non-hydrogen) atoms. The second-order valence-corrected chi connectivity index (χ2v) is 5.47. The average Bonchev–Trinajstić information content (AvgIpc) is 2.43. The summed E-state index contributed by atoms with van der Waals surface area (Å²) >= 11 is 0. The second-order valence-electron chi connectivity index (χ2n) is 5.47. The van der Waals surface area contributed by atoms with Gasteiger partial charge >= 0.3 is 0 Å². The van der Waals surface area contributed by atoms with Gasteiger partial charge in [-0.05, 0) is 43.4 Å². The highest BCUT2D eigenvalue weighted by atomic mass is 15.2. The molecule has 0 aromatic heterocycles. The molecular formula is C17H26N2. The summed E-state index contributed by atoms with van der Waals surface area (Å²) in [6.07, 6.45) is 4.31. The van der Waals surface area contributed by atoms with Crippen molar-refractivity contribution in [3.8, 4) is 0 Å². The van der Waals surface area contributed by atoms with Gasteiger partial charge in [-0.25, -0.2) is 0 Å². The summed E-state index contributed by atoms with van der Waals surface area (Å²) < 4.78 is 0. The highest BCUT2D eigenvalue weighted by molar-refractivity contribution is 5.36. The van der Waals surface area contributed by atoms with Crippen LogP contribution in [0, 0.1) is 13.8 Å². The molecule has 2 nitrogen and oxygen atoms in total. The molecule has 104 valence electrons. The van der Waals surface area contributed by atoms with Crippen LogP contribution in [0.5, 0.6) is 0 Å². The minimum Gasteiger partial charge on any atom is -0.314 e. The number of hydrogen-bond acceptors (Lipinski definition) is 2. The zero-order valence-corrected chi connectivity index (χ0v) is 12.3. The Balaban J connectivity index is 2.27. The lowest BCUT2D eigenvalue weighted by atomic mass is 9.91. The van der Waals surface area contributed by atoms with Gasteiger partial charge in [0.05, 0.1) is 0 Å². The van der Waals surface area contributed by atoms with Crippen LogP contribution in [0.15, 0.2) is 30.9 Å². The number of piperazine rings is 1. The lowest BCUT2D eigenvalue weighted by molar-refractivity contribution is 0.165. The molecule has 1 N–H and O–H groups in total. The van der Waals surface area contributed by atoms with Gasteiger partial charge in [-0.3, -0.25) is 4.90 Å². The maximum Gasteiger partial charge on any atom is 0.0357 e. The summed E-state index contributed by atoms with van der Waals surface area (Å²) in [6, 6.07) is 7.19. The molecule has 0 saturated carbocycles. The van der Waals surface area contributed by atoms with Gasteiger partial charge in [-0.2, -0.15) is 0 Å². The lowest BCUT2D eigenvalue weighted by Crippen LogP contribution is -2.45. The third-order valence-electron chi connectivity index (χ3n) is 4.11. The minimum atomic E-state index is 0.543. The first kappa shape index (κ1) is 14.3. The van der Waals surface area contributed by atoms with E-state index in [4.69, 9.17) is 0 Å². The van der Waals surface area contributed by atoms with Crippen molar-refractivity contribution in [2.45, 2.75) is 32.7 Å². The third kappa shape index (κ3) is 3.46. The van der Waals surface area contributed by atoms with Gasteiger partial charge in [0.25, 0.3) is 0 Å². The van der Waals surface area contributed by atoms with E-state index in [1.165, 1.54) is 23.1 Å². The van der Waals surface area contributed by atoms with Crippen LogP contribution in [-0.2, 0) is 0 Å². The van der Waals surface area contributed by atoms with Crippen molar-refractivity contribution in [1.29, 1.82) is 0 Å². The van der Waals surface area contributed by atoms with Crippen molar-refractivity contribution < 1.29 is 0 Å². The summed E-state index contributed by atoms with van der Waals surface area (Å²) in [7, 11) is 0. The van der Waals surface area contributed by atoms with Gasteiger partial charge in [-0.15, -0.1) is 6.58 Å². The molecule has 1 atom stereocenters. The number of aryl methyl sites for hydroxylation is 2. The number of allylic oxidation sites excluding steroid dienone is 1. The predicted octanol–water partition coefficient (Wildman–Crippen LogP) is 3.22. The summed E-state index contributed by atoms with van der Waals surface area (Å²) in [5, 5.41) is 3.44. The fourth-order valence-corrected chi connectivity index (χ4v) is 3.13. The molecule has 0 bridgehead atoms. The van der Waals surface area contributed by atoms with Crippen LogP contribution in [0.2, 0.25) is 0 Å². The first-order chi connectivity index (χ1) is 9.24. The molecule has 0 spiro atoms. The Hall–Kier alpha value is -1.12. The molecule has 1 aliphatic rings. The van der Waals surface area contributed by atoms with Gasteiger partial charge in [-0.1, -0.05) is 24.3 Å². The normalized spacial score (nSPS) is 18.2. The smallest absolute Gasteiger partial charge is 0.0357 e. The monoisotopic (exact) mass is 258 g/mol. The molecule has 0 unspecified atom stereocenters. The SMILES string of the molecule is C=CCC[C@@H](c1c(C)cccc1C)N1CCNCC1. The van der Waals surface area contributed by atoms with Gasteiger partial charge in [0.1, 0.15) is 0 Å². The Bertz CT molecular complexity index is 399. The summed E-state index contributed by atoms with van der Waals surface area (Å²) in [6.45, 7) is 12.9. The van der Waals surface area contributed by atoms with E-state index in [0.29, 0.717) is 6.04 Å². The van der Waals surface area contributed by atoms with Crippen molar-refractivity contribution in [3.63, 3.8) is 0 Å². The van der Waals surface area contributed by atoms with Crippen LogP contribution in [0.25, 0.3) is 0 Å². The van der Waals surface area contributed by atoms with E-state index in [2.05, 4.69) is 48.8 Å². The molecule has 0 amide bonds. The highest BCUT2D eigenvalue weighted by Gasteiger charge is 2.23. The van der Waals surface area contributed by atoms with Crippen molar-refractivity contribution in [2.24, 2.45) is 0 Å². The highest BCUT2D eigenvalue weighted by Crippen LogP contribution is 2.31. The van der Waals surface area contributed by atoms with E-state index in [0.717, 1.165) is 32.6 Å². The van der Waals surface area contributed by atoms with Crippen molar-refractivity contribution in [2.75, 3.05) is 26.2 Å². The number of nitrogens with one attached hydrogen (secondary N) is 1. The van der Waals surface area contributed by atoms with Crippen molar-refractivity contribution >= 4 is 0 Å². The largest absolute Gasteiger partial charge is 0.314 e. The molecule has 1 heterocycles. The zero-order valence-electron chi connectivity index (χ0n) is 12.3. The summed E-state index contributed by atoms with van der Waals surface area (Å²) in [5.41, 5.74) is 4.38. The van der Waals surface area contributed by atoms with E-state index in [1.807, 2.05) is 6.08 Å². The summed E-state index contributed by atoms with van der Waals surface area (Å²) in [4.78, 5) is 2.63. The van der Waals surface area contributed by atoms with Crippen LogP contribution in [0.3, 0.4) is 0 Å².